The average molecular weight is 386 g/mol. The Hall–Kier alpha value is -0.0000000000000000555. The molecule has 0 saturated heterocycles. The Morgan fingerprint density at radius 1 is 1.47 bits per heavy atom. The molecule has 0 spiro atoms. The van der Waals surface area contributed by atoms with Crippen LogP contribution < -0.4 is 5.32 Å². The normalized spacial score (nSPS) is 11.4. The number of benzene rings is 1. The van der Waals surface area contributed by atoms with Crippen LogP contribution in [0.3, 0.4) is 0 Å². The molecule has 2 nitrogen and oxygen atoms in total. The van der Waals surface area contributed by atoms with Crippen molar-refractivity contribution in [3.63, 3.8) is 0 Å². The van der Waals surface area contributed by atoms with Gasteiger partial charge in [-0.3, -0.25) is 4.79 Å². The minimum atomic E-state index is -0.124. The number of rotatable bonds is 4. The van der Waals surface area contributed by atoms with E-state index in [0.29, 0.717) is 23.0 Å². The molecule has 0 aliphatic rings. The zero-order chi connectivity index (χ0) is 13.1. The van der Waals surface area contributed by atoms with Gasteiger partial charge >= 0.3 is 0 Å². The molecule has 1 amide bonds. The van der Waals surface area contributed by atoms with E-state index in [2.05, 4.69) is 27.9 Å². The summed E-state index contributed by atoms with van der Waals surface area (Å²) in [6.45, 7) is 4.54. The molecule has 0 heterocycles. The third-order valence-electron chi connectivity index (χ3n) is 2.27. The van der Waals surface area contributed by atoms with Gasteiger partial charge in [0.1, 0.15) is 0 Å². The van der Waals surface area contributed by atoms with Crippen LogP contribution in [0.5, 0.6) is 0 Å². The number of nitrogens with one attached hydrogen (secondary N) is 1. The van der Waals surface area contributed by atoms with Crippen molar-refractivity contribution < 1.29 is 4.79 Å². The quantitative estimate of drug-likeness (QED) is 0.617. The van der Waals surface area contributed by atoms with Crippen molar-refractivity contribution in [3.05, 3.63) is 32.4 Å². The highest BCUT2D eigenvalue weighted by molar-refractivity contribution is 14.1. The summed E-state index contributed by atoms with van der Waals surface area (Å²) in [7, 11) is 0. The van der Waals surface area contributed by atoms with Crippen LogP contribution in [0.1, 0.15) is 24.2 Å². The van der Waals surface area contributed by atoms with E-state index in [9.17, 15) is 4.79 Å². The maximum atomic E-state index is 11.9. The Balaban J connectivity index is 2.68. The zero-order valence-electron chi connectivity index (χ0n) is 9.69. The van der Waals surface area contributed by atoms with Crippen LogP contribution in [0, 0.1) is 8.99 Å². The minimum Gasteiger partial charge on any atom is -0.351 e. The van der Waals surface area contributed by atoms with Crippen molar-refractivity contribution >= 4 is 51.7 Å². The highest BCUT2D eigenvalue weighted by Crippen LogP contribution is 2.20. The van der Waals surface area contributed by atoms with Crippen molar-refractivity contribution in [3.8, 4) is 0 Å². The molecule has 0 bridgehead atoms. The van der Waals surface area contributed by atoms with Gasteiger partial charge in [0.15, 0.2) is 0 Å². The van der Waals surface area contributed by atoms with Crippen molar-refractivity contribution in [1.82, 2.24) is 5.32 Å². The Morgan fingerprint density at radius 3 is 2.65 bits per heavy atom. The van der Waals surface area contributed by atoms with E-state index in [-0.39, 0.29) is 11.3 Å². The van der Waals surface area contributed by atoms with Crippen LogP contribution in [0.25, 0.3) is 0 Å². The molecule has 94 valence electrons. The van der Waals surface area contributed by atoms with Crippen LogP contribution in [0.4, 0.5) is 0 Å². The van der Waals surface area contributed by atoms with Gasteiger partial charge in [-0.1, -0.05) is 25.4 Å². The van der Waals surface area contributed by atoms with Gasteiger partial charge in [0.05, 0.1) is 5.02 Å². The number of amides is 1. The van der Waals surface area contributed by atoms with Crippen molar-refractivity contribution in [2.75, 3.05) is 12.4 Å². The summed E-state index contributed by atoms with van der Waals surface area (Å²) in [5, 5.41) is 3.44. The van der Waals surface area contributed by atoms with E-state index >= 15 is 0 Å². The molecule has 1 N–H and O–H groups in total. The molecule has 0 atom stereocenters. The summed E-state index contributed by atoms with van der Waals surface area (Å²) in [5.41, 5.74) is 0.463. The predicted molar refractivity (Wildman–Crippen MR) is 81.0 cm³/mol. The van der Waals surface area contributed by atoms with Crippen LogP contribution in [0.2, 0.25) is 5.02 Å². The van der Waals surface area contributed by atoms with Crippen LogP contribution >= 0.6 is 45.8 Å². The lowest BCUT2D eigenvalue weighted by molar-refractivity contribution is 0.0940. The highest BCUT2D eigenvalue weighted by Gasteiger charge is 2.18. The number of halogens is 3. The molecule has 0 saturated carbocycles. The largest absolute Gasteiger partial charge is 0.351 e. The van der Waals surface area contributed by atoms with Gasteiger partial charge < -0.3 is 5.32 Å². The second kappa shape index (κ2) is 6.25. The van der Waals surface area contributed by atoms with Crippen LogP contribution in [-0.4, -0.2) is 18.3 Å². The lowest BCUT2D eigenvalue weighted by Gasteiger charge is -2.21. The fourth-order valence-electron chi connectivity index (χ4n) is 1.11. The third kappa shape index (κ3) is 4.64. The van der Waals surface area contributed by atoms with E-state index in [4.69, 9.17) is 23.2 Å². The summed E-state index contributed by atoms with van der Waals surface area (Å²) in [5.74, 6) is 0.377. The molecule has 17 heavy (non-hydrogen) atoms. The monoisotopic (exact) mass is 385 g/mol. The summed E-state index contributed by atoms with van der Waals surface area (Å²) in [4.78, 5) is 11.9. The van der Waals surface area contributed by atoms with Crippen LogP contribution in [-0.2, 0) is 0 Å². The fraction of sp³-hybridized carbons (Fsp3) is 0.417. The first kappa shape index (κ1) is 15.1. The number of hydrogen-bond donors (Lipinski definition) is 1. The molecule has 1 rings (SSSR count). The first-order valence-electron chi connectivity index (χ1n) is 5.15. The molecule has 1 aromatic carbocycles. The Morgan fingerprint density at radius 2 is 2.12 bits per heavy atom. The number of carbonyl (C=O) groups is 1. The minimum absolute atomic E-state index is 0.107. The predicted octanol–water partition coefficient (Wildman–Crippen LogP) is 3.94. The van der Waals surface area contributed by atoms with E-state index in [0.717, 1.165) is 3.57 Å². The standard InChI is InChI=1S/C12H14Cl2INO/c1-12(2,6-13)7-16-11(17)8-3-4-10(15)9(14)5-8/h3-5H,6-7H2,1-2H3,(H,16,17). The number of hydrogen-bond acceptors (Lipinski definition) is 1. The van der Waals surface area contributed by atoms with Crippen LogP contribution in [0.15, 0.2) is 18.2 Å². The molecule has 5 heteroatoms. The first-order chi connectivity index (χ1) is 7.85. The molecule has 0 aliphatic carbocycles. The van der Waals surface area contributed by atoms with Crippen molar-refractivity contribution in [2.24, 2.45) is 5.41 Å². The Kier molecular flexibility index (Phi) is 5.54. The summed E-state index contributed by atoms with van der Waals surface area (Å²) in [6.07, 6.45) is 0. The summed E-state index contributed by atoms with van der Waals surface area (Å²) < 4.78 is 0.932. The second-order valence-corrected chi connectivity index (χ2v) is 6.45. The van der Waals surface area contributed by atoms with Gasteiger partial charge in [-0.2, -0.15) is 0 Å². The van der Waals surface area contributed by atoms with Gasteiger partial charge in [0, 0.05) is 21.6 Å². The molecule has 0 radical (unpaired) electrons. The van der Waals surface area contributed by atoms with Gasteiger partial charge in [0.2, 0.25) is 0 Å². The molecular weight excluding hydrogens is 372 g/mol. The SMILES string of the molecule is CC(C)(CCl)CNC(=O)c1ccc(I)c(Cl)c1. The van der Waals surface area contributed by atoms with E-state index in [1.54, 1.807) is 12.1 Å². The molecule has 0 fully saturated rings. The lowest BCUT2D eigenvalue weighted by Crippen LogP contribution is -2.35. The third-order valence-corrected chi connectivity index (χ3v) is 4.57. The number of carbonyl (C=O) groups excluding carboxylic acids is 1. The molecular formula is C12H14Cl2INO. The topological polar surface area (TPSA) is 29.1 Å². The van der Waals surface area contributed by atoms with Gasteiger partial charge in [0.25, 0.3) is 5.91 Å². The van der Waals surface area contributed by atoms with E-state index in [1.165, 1.54) is 0 Å². The second-order valence-electron chi connectivity index (χ2n) is 4.61. The number of alkyl halides is 1. The van der Waals surface area contributed by atoms with Crippen molar-refractivity contribution in [2.45, 2.75) is 13.8 Å². The summed E-state index contributed by atoms with van der Waals surface area (Å²) in [6, 6.07) is 5.26. The van der Waals surface area contributed by atoms with Gasteiger partial charge in [-0.05, 0) is 46.2 Å². The molecule has 1 aromatic rings. The average Bonchev–Trinajstić information content (AvgIpc) is 2.30. The Labute approximate surface area is 125 Å². The maximum Gasteiger partial charge on any atom is 0.251 e. The highest BCUT2D eigenvalue weighted by atomic mass is 127. The smallest absolute Gasteiger partial charge is 0.251 e. The van der Waals surface area contributed by atoms with Crippen molar-refractivity contribution in [1.29, 1.82) is 0 Å². The first-order valence-corrected chi connectivity index (χ1v) is 7.14. The van der Waals surface area contributed by atoms with Gasteiger partial charge in [-0.15, -0.1) is 11.6 Å². The zero-order valence-corrected chi connectivity index (χ0v) is 13.4. The fourth-order valence-corrected chi connectivity index (χ4v) is 1.72. The maximum absolute atomic E-state index is 11.9. The van der Waals surface area contributed by atoms with Gasteiger partial charge in [-0.25, -0.2) is 0 Å². The molecule has 0 unspecified atom stereocenters. The molecule has 0 aliphatic heterocycles. The lowest BCUT2D eigenvalue weighted by atomic mass is 9.96. The van der Waals surface area contributed by atoms with E-state index < -0.39 is 0 Å². The summed E-state index contributed by atoms with van der Waals surface area (Å²) >= 11 is 13.9. The Bertz CT molecular complexity index is 421. The van der Waals surface area contributed by atoms with E-state index in [1.807, 2.05) is 19.9 Å². The molecule has 0 aromatic heterocycles.